The van der Waals surface area contributed by atoms with Crippen LogP contribution in [0.25, 0.3) is 0 Å². The molecule has 0 aliphatic carbocycles. The molecule has 4 rings (SSSR count). The number of ether oxygens (including phenoxy) is 1. The van der Waals surface area contributed by atoms with Gasteiger partial charge in [0.1, 0.15) is 11.5 Å². The van der Waals surface area contributed by atoms with Crippen molar-refractivity contribution in [1.29, 1.82) is 0 Å². The molecule has 0 bridgehead atoms. The van der Waals surface area contributed by atoms with Crippen molar-refractivity contribution in [3.05, 3.63) is 78.4 Å². The van der Waals surface area contributed by atoms with Gasteiger partial charge in [-0.1, -0.05) is 18.2 Å². The number of hydrazone groups is 1. The van der Waals surface area contributed by atoms with Crippen LogP contribution in [-0.2, 0) is 4.79 Å². The first-order valence-corrected chi connectivity index (χ1v) is 10.3. The average molecular weight is 462 g/mol. The number of rotatable bonds is 4. The van der Waals surface area contributed by atoms with Crippen molar-refractivity contribution >= 4 is 52.5 Å². The van der Waals surface area contributed by atoms with Crippen LogP contribution in [0.3, 0.4) is 0 Å². The molecular formula is C23H19N5O4S. The third-order valence-corrected chi connectivity index (χ3v) is 4.84. The minimum Gasteiger partial charge on any atom is -0.508 e. The third kappa shape index (κ3) is 5.43. The number of urea groups is 1. The second kappa shape index (κ2) is 9.79. The number of para-hydroxylation sites is 1. The minimum atomic E-state index is -0.560. The lowest BCUT2D eigenvalue weighted by Gasteiger charge is -2.30. The molecule has 0 spiro atoms. The van der Waals surface area contributed by atoms with Gasteiger partial charge in [0.15, 0.2) is 11.7 Å². The van der Waals surface area contributed by atoms with E-state index in [1.54, 1.807) is 30.3 Å². The Bertz CT molecular complexity index is 1220. The number of benzene rings is 3. The van der Waals surface area contributed by atoms with Gasteiger partial charge >= 0.3 is 6.03 Å². The summed E-state index contributed by atoms with van der Waals surface area (Å²) < 4.78 is 5.54. The Morgan fingerprint density at radius 2 is 1.79 bits per heavy atom. The zero-order valence-corrected chi connectivity index (χ0v) is 18.0. The van der Waals surface area contributed by atoms with Crippen molar-refractivity contribution in [2.75, 3.05) is 22.1 Å². The summed E-state index contributed by atoms with van der Waals surface area (Å²) in [6.45, 7) is -0.184. The monoisotopic (exact) mass is 461 g/mol. The topological polar surface area (TPSA) is 115 Å². The molecule has 1 aliphatic heterocycles. The minimum absolute atomic E-state index is 0.143. The van der Waals surface area contributed by atoms with Crippen molar-refractivity contribution in [1.82, 2.24) is 5.43 Å². The van der Waals surface area contributed by atoms with Gasteiger partial charge in [-0.3, -0.25) is 9.69 Å². The second-order valence-corrected chi connectivity index (χ2v) is 7.30. The number of nitrogens with one attached hydrogen (secondary N) is 3. The Morgan fingerprint density at radius 3 is 2.55 bits per heavy atom. The standard InChI is InChI=1S/C23H19N5O4S/c29-18-9-6-15(7-10-18)13-24-27-22(31)25-17-8-11-19-20(12-17)32-14-21(30)28(19)23(33)26-16-4-2-1-3-5-16/h1-13,29H,14H2,(H,26,33)(H2,25,27,31)/b24-13+. The fraction of sp³-hybridized carbons (Fsp3) is 0.0435. The molecule has 0 saturated heterocycles. The molecule has 0 aromatic heterocycles. The normalized spacial score (nSPS) is 12.6. The molecule has 166 valence electrons. The van der Waals surface area contributed by atoms with E-state index >= 15 is 0 Å². The van der Waals surface area contributed by atoms with Crippen molar-refractivity contribution < 1.29 is 19.4 Å². The zero-order valence-electron chi connectivity index (χ0n) is 17.2. The fourth-order valence-electron chi connectivity index (χ4n) is 3.04. The number of thiocarbonyl (C=S) groups is 1. The van der Waals surface area contributed by atoms with Crippen LogP contribution in [0.5, 0.6) is 11.5 Å². The molecule has 0 saturated carbocycles. The van der Waals surface area contributed by atoms with Gasteiger partial charge in [0, 0.05) is 17.4 Å². The lowest BCUT2D eigenvalue weighted by molar-refractivity contribution is -0.120. The molecule has 3 aromatic carbocycles. The summed E-state index contributed by atoms with van der Waals surface area (Å²) >= 11 is 5.44. The molecule has 4 N–H and O–H groups in total. The number of fused-ring (bicyclic) bond motifs is 1. The summed E-state index contributed by atoms with van der Waals surface area (Å²) in [5, 5.41) is 19.0. The lowest BCUT2D eigenvalue weighted by atomic mass is 10.2. The van der Waals surface area contributed by atoms with E-state index in [9.17, 15) is 14.7 Å². The summed E-state index contributed by atoms with van der Waals surface area (Å²) in [5.74, 6) is 0.236. The van der Waals surface area contributed by atoms with E-state index in [0.717, 1.165) is 5.69 Å². The van der Waals surface area contributed by atoms with Gasteiger partial charge in [0.2, 0.25) is 0 Å². The maximum atomic E-state index is 12.5. The Hall–Kier alpha value is -4.44. The summed E-state index contributed by atoms with van der Waals surface area (Å²) in [4.78, 5) is 26.0. The van der Waals surface area contributed by atoms with Gasteiger partial charge in [-0.25, -0.2) is 10.2 Å². The molecule has 3 amide bonds. The fourth-order valence-corrected chi connectivity index (χ4v) is 3.36. The smallest absolute Gasteiger partial charge is 0.339 e. The SMILES string of the molecule is O=C(N/N=C/c1ccc(O)cc1)Nc1ccc2c(c1)OCC(=O)N2C(=S)Nc1ccccc1. The molecule has 33 heavy (non-hydrogen) atoms. The largest absolute Gasteiger partial charge is 0.508 e. The third-order valence-electron chi connectivity index (χ3n) is 4.56. The van der Waals surface area contributed by atoms with E-state index in [0.29, 0.717) is 22.7 Å². The Balaban J connectivity index is 1.41. The van der Waals surface area contributed by atoms with E-state index in [2.05, 4.69) is 21.2 Å². The van der Waals surface area contributed by atoms with Crippen LogP contribution in [-0.4, -0.2) is 35.0 Å². The first-order chi connectivity index (χ1) is 16.0. The van der Waals surface area contributed by atoms with Gasteiger partial charge in [-0.2, -0.15) is 5.10 Å². The Labute approximate surface area is 194 Å². The van der Waals surface area contributed by atoms with Crippen LogP contribution < -0.4 is 25.7 Å². The molecule has 1 heterocycles. The highest BCUT2D eigenvalue weighted by Crippen LogP contribution is 2.35. The first-order valence-electron chi connectivity index (χ1n) is 9.84. The number of amides is 3. The van der Waals surface area contributed by atoms with Crippen LogP contribution in [0.2, 0.25) is 0 Å². The molecule has 0 fully saturated rings. The van der Waals surface area contributed by atoms with Crippen LogP contribution in [0.1, 0.15) is 5.56 Å². The van der Waals surface area contributed by atoms with Crippen molar-refractivity contribution in [2.24, 2.45) is 5.10 Å². The average Bonchev–Trinajstić information content (AvgIpc) is 2.81. The van der Waals surface area contributed by atoms with Crippen LogP contribution in [0.4, 0.5) is 21.9 Å². The highest BCUT2D eigenvalue weighted by Gasteiger charge is 2.29. The maximum Gasteiger partial charge on any atom is 0.339 e. The molecule has 3 aromatic rings. The maximum absolute atomic E-state index is 12.5. The van der Waals surface area contributed by atoms with Gasteiger partial charge in [0.05, 0.1) is 11.9 Å². The number of hydrogen-bond acceptors (Lipinski definition) is 6. The van der Waals surface area contributed by atoms with Crippen molar-refractivity contribution in [3.63, 3.8) is 0 Å². The predicted octanol–water partition coefficient (Wildman–Crippen LogP) is 3.67. The number of carbonyl (C=O) groups is 2. The number of anilines is 3. The van der Waals surface area contributed by atoms with E-state index in [1.165, 1.54) is 23.2 Å². The summed E-state index contributed by atoms with van der Waals surface area (Å²) in [6, 6.07) is 19.9. The number of phenolic OH excluding ortho intramolecular Hbond substituents is 1. The summed E-state index contributed by atoms with van der Waals surface area (Å²) in [6.07, 6.45) is 1.44. The van der Waals surface area contributed by atoms with E-state index in [4.69, 9.17) is 17.0 Å². The van der Waals surface area contributed by atoms with Crippen molar-refractivity contribution in [2.45, 2.75) is 0 Å². The molecule has 0 unspecified atom stereocenters. The quantitative estimate of drug-likeness (QED) is 0.268. The Kier molecular flexibility index (Phi) is 6.46. The van der Waals surface area contributed by atoms with E-state index in [1.807, 2.05) is 30.3 Å². The molecular weight excluding hydrogens is 442 g/mol. The van der Waals surface area contributed by atoms with E-state index < -0.39 is 6.03 Å². The summed E-state index contributed by atoms with van der Waals surface area (Å²) in [7, 11) is 0. The molecule has 0 radical (unpaired) electrons. The van der Waals surface area contributed by atoms with Crippen LogP contribution in [0, 0.1) is 0 Å². The van der Waals surface area contributed by atoms with Crippen LogP contribution >= 0.6 is 12.2 Å². The highest BCUT2D eigenvalue weighted by atomic mass is 32.1. The van der Waals surface area contributed by atoms with Crippen molar-refractivity contribution in [3.8, 4) is 11.5 Å². The number of carbonyl (C=O) groups excluding carboxylic acids is 2. The second-order valence-electron chi connectivity index (χ2n) is 6.91. The summed E-state index contributed by atoms with van der Waals surface area (Å²) in [5.41, 5.74) is 4.74. The zero-order chi connectivity index (χ0) is 23.2. The molecule has 9 nitrogen and oxygen atoms in total. The van der Waals surface area contributed by atoms with Gasteiger partial charge in [0.25, 0.3) is 5.91 Å². The van der Waals surface area contributed by atoms with Gasteiger partial charge < -0.3 is 20.5 Å². The number of phenols is 1. The molecule has 10 heteroatoms. The lowest BCUT2D eigenvalue weighted by Crippen LogP contribution is -2.45. The van der Waals surface area contributed by atoms with Crippen LogP contribution in [0.15, 0.2) is 77.9 Å². The number of aromatic hydroxyl groups is 1. The molecule has 1 aliphatic rings. The molecule has 0 atom stereocenters. The predicted molar refractivity (Wildman–Crippen MR) is 130 cm³/mol. The number of hydrogen-bond donors (Lipinski definition) is 4. The van der Waals surface area contributed by atoms with E-state index in [-0.39, 0.29) is 23.4 Å². The van der Waals surface area contributed by atoms with Gasteiger partial charge in [-0.15, -0.1) is 0 Å². The van der Waals surface area contributed by atoms with Gasteiger partial charge in [-0.05, 0) is 66.3 Å². The Morgan fingerprint density at radius 1 is 1.03 bits per heavy atom. The first kappa shape index (κ1) is 21.8. The number of nitrogens with zero attached hydrogens (tertiary/aromatic N) is 2. The highest BCUT2D eigenvalue weighted by molar-refractivity contribution is 7.80.